The first-order valence-electron chi connectivity index (χ1n) is 7.43. The van der Waals surface area contributed by atoms with Crippen LogP contribution >= 0.6 is 0 Å². The number of anilines is 2. The fraction of sp³-hybridized carbons (Fsp3) is 0.375. The summed E-state index contributed by atoms with van der Waals surface area (Å²) in [6.45, 7) is 4.37. The second-order valence-corrected chi connectivity index (χ2v) is 5.45. The lowest BCUT2D eigenvalue weighted by Crippen LogP contribution is -2.29. The zero-order valence-electron chi connectivity index (χ0n) is 12.8. The molecule has 0 saturated carbocycles. The number of hydrogen-bond acceptors (Lipinski definition) is 5. The van der Waals surface area contributed by atoms with E-state index < -0.39 is 0 Å². The molecule has 1 amide bonds. The molecule has 1 unspecified atom stereocenters. The lowest BCUT2D eigenvalue weighted by atomic mass is 10.1. The van der Waals surface area contributed by atoms with E-state index in [2.05, 4.69) is 20.3 Å². The monoisotopic (exact) mass is 297 g/mol. The van der Waals surface area contributed by atoms with Crippen LogP contribution in [0.5, 0.6) is 0 Å². The van der Waals surface area contributed by atoms with Crippen molar-refractivity contribution in [3.63, 3.8) is 0 Å². The number of nitrogens with one attached hydrogen (secondary N) is 1. The van der Waals surface area contributed by atoms with Gasteiger partial charge >= 0.3 is 0 Å². The largest absolute Gasteiger partial charge is 0.334 e. The number of carbonyl (C=O) groups is 1. The molecule has 2 aromatic rings. The molecule has 22 heavy (non-hydrogen) atoms. The molecule has 114 valence electrons. The van der Waals surface area contributed by atoms with Crippen LogP contribution in [-0.2, 0) is 4.79 Å². The number of likely N-dealkylation sites (tertiary alicyclic amines) is 1. The SMILES string of the molecule is CC(=O)N1CCCC1c1nccnc1Nc1ncccc1C. The summed E-state index contributed by atoms with van der Waals surface area (Å²) in [6, 6.07) is 3.87. The van der Waals surface area contributed by atoms with Crippen LogP contribution in [0.15, 0.2) is 30.7 Å². The Balaban J connectivity index is 1.93. The van der Waals surface area contributed by atoms with Gasteiger partial charge in [-0.1, -0.05) is 6.07 Å². The van der Waals surface area contributed by atoms with E-state index in [1.165, 1.54) is 0 Å². The van der Waals surface area contributed by atoms with Gasteiger partial charge in [-0.15, -0.1) is 0 Å². The van der Waals surface area contributed by atoms with Crippen LogP contribution < -0.4 is 5.32 Å². The predicted octanol–water partition coefficient (Wildman–Crippen LogP) is 2.61. The Kier molecular flexibility index (Phi) is 4.00. The van der Waals surface area contributed by atoms with Gasteiger partial charge in [0.1, 0.15) is 11.5 Å². The normalized spacial score (nSPS) is 17.5. The molecule has 1 fully saturated rings. The van der Waals surface area contributed by atoms with Crippen molar-refractivity contribution in [1.82, 2.24) is 19.9 Å². The first-order valence-corrected chi connectivity index (χ1v) is 7.43. The molecule has 3 heterocycles. The summed E-state index contributed by atoms with van der Waals surface area (Å²) in [5, 5.41) is 3.25. The molecule has 1 aliphatic heterocycles. The average molecular weight is 297 g/mol. The fourth-order valence-electron chi connectivity index (χ4n) is 2.85. The summed E-state index contributed by atoms with van der Waals surface area (Å²) >= 11 is 0. The summed E-state index contributed by atoms with van der Waals surface area (Å²) in [5.41, 5.74) is 1.84. The topological polar surface area (TPSA) is 71.0 Å². The molecule has 1 aliphatic rings. The van der Waals surface area contributed by atoms with Gasteiger partial charge in [-0.05, 0) is 31.4 Å². The minimum Gasteiger partial charge on any atom is -0.334 e. The van der Waals surface area contributed by atoms with Gasteiger partial charge in [-0.25, -0.2) is 9.97 Å². The highest BCUT2D eigenvalue weighted by Gasteiger charge is 2.31. The van der Waals surface area contributed by atoms with Gasteiger partial charge in [-0.2, -0.15) is 0 Å². The van der Waals surface area contributed by atoms with E-state index in [0.29, 0.717) is 5.82 Å². The highest BCUT2D eigenvalue weighted by atomic mass is 16.2. The highest BCUT2D eigenvalue weighted by molar-refractivity contribution is 5.74. The van der Waals surface area contributed by atoms with Crippen molar-refractivity contribution in [1.29, 1.82) is 0 Å². The standard InChI is InChI=1S/C16H19N5O/c1-11-5-3-7-18-15(11)20-16-14(17-8-9-19-16)13-6-4-10-21(13)12(2)22/h3,5,7-9,13H,4,6,10H2,1-2H3,(H,18,19,20). The van der Waals surface area contributed by atoms with E-state index in [1.54, 1.807) is 25.5 Å². The Bertz CT molecular complexity index is 688. The summed E-state index contributed by atoms with van der Waals surface area (Å²) in [7, 11) is 0. The van der Waals surface area contributed by atoms with Gasteiger partial charge in [-0.3, -0.25) is 9.78 Å². The molecule has 6 nitrogen and oxygen atoms in total. The third-order valence-electron chi connectivity index (χ3n) is 3.95. The average Bonchev–Trinajstić information content (AvgIpc) is 3.00. The van der Waals surface area contributed by atoms with E-state index in [-0.39, 0.29) is 11.9 Å². The van der Waals surface area contributed by atoms with Crippen molar-refractivity contribution in [3.8, 4) is 0 Å². The molecule has 0 radical (unpaired) electrons. The van der Waals surface area contributed by atoms with Gasteiger partial charge in [0.2, 0.25) is 5.91 Å². The number of rotatable bonds is 3. The maximum Gasteiger partial charge on any atom is 0.220 e. The number of carbonyl (C=O) groups excluding carboxylic acids is 1. The molecule has 6 heteroatoms. The molecule has 0 aromatic carbocycles. The van der Waals surface area contributed by atoms with Crippen LogP contribution in [-0.4, -0.2) is 32.3 Å². The molecular weight excluding hydrogens is 278 g/mol. The van der Waals surface area contributed by atoms with Crippen LogP contribution in [0.3, 0.4) is 0 Å². The molecule has 3 rings (SSSR count). The number of aryl methyl sites for hydroxylation is 1. The zero-order chi connectivity index (χ0) is 15.5. The van der Waals surface area contributed by atoms with Gasteiger partial charge < -0.3 is 10.2 Å². The lowest BCUT2D eigenvalue weighted by Gasteiger charge is -2.24. The molecule has 1 atom stereocenters. The molecule has 2 aromatic heterocycles. The summed E-state index contributed by atoms with van der Waals surface area (Å²) in [4.78, 5) is 26.9. The summed E-state index contributed by atoms with van der Waals surface area (Å²) < 4.78 is 0. The van der Waals surface area contributed by atoms with Crippen molar-refractivity contribution >= 4 is 17.5 Å². The first-order chi connectivity index (χ1) is 10.7. The predicted molar refractivity (Wildman–Crippen MR) is 83.7 cm³/mol. The van der Waals surface area contributed by atoms with E-state index >= 15 is 0 Å². The number of aromatic nitrogens is 3. The molecule has 1 N–H and O–H groups in total. The molecule has 0 aliphatic carbocycles. The second-order valence-electron chi connectivity index (χ2n) is 5.45. The summed E-state index contributed by atoms with van der Waals surface area (Å²) in [5.74, 6) is 1.51. The fourth-order valence-corrected chi connectivity index (χ4v) is 2.85. The Hall–Kier alpha value is -2.50. The quantitative estimate of drug-likeness (QED) is 0.943. The Morgan fingerprint density at radius 1 is 1.23 bits per heavy atom. The third-order valence-corrected chi connectivity index (χ3v) is 3.95. The highest BCUT2D eigenvalue weighted by Crippen LogP contribution is 2.34. The molecule has 0 bridgehead atoms. The number of hydrogen-bond donors (Lipinski definition) is 1. The van der Waals surface area contributed by atoms with Crippen LogP contribution in [0.2, 0.25) is 0 Å². The smallest absolute Gasteiger partial charge is 0.220 e. The lowest BCUT2D eigenvalue weighted by molar-refractivity contribution is -0.129. The second kappa shape index (κ2) is 6.09. The zero-order valence-corrected chi connectivity index (χ0v) is 12.8. The first kappa shape index (κ1) is 14.4. The van der Waals surface area contributed by atoms with Crippen LogP contribution in [0, 0.1) is 6.92 Å². The van der Waals surface area contributed by atoms with Gasteiger partial charge in [0.25, 0.3) is 0 Å². The van der Waals surface area contributed by atoms with Crippen LogP contribution in [0.1, 0.15) is 37.1 Å². The van der Waals surface area contributed by atoms with Crippen LogP contribution in [0.25, 0.3) is 0 Å². The van der Waals surface area contributed by atoms with Crippen molar-refractivity contribution in [2.45, 2.75) is 32.7 Å². The van der Waals surface area contributed by atoms with E-state index in [1.807, 2.05) is 24.0 Å². The Morgan fingerprint density at radius 2 is 2.00 bits per heavy atom. The maximum atomic E-state index is 11.8. The Morgan fingerprint density at radius 3 is 2.77 bits per heavy atom. The Labute approximate surface area is 129 Å². The number of nitrogens with zero attached hydrogens (tertiary/aromatic N) is 4. The minimum absolute atomic E-state index is 0.0160. The minimum atomic E-state index is -0.0160. The van der Waals surface area contributed by atoms with Crippen molar-refractivity contribution in [2.75, 3.05) is 11.9 Å². The van der Waals surface area contributed by atoms with Crippen LogP contribution in [0.4, 0.5) is 11.6 Å². The molecule has 1 saturated heterocycles. The van der Waals surface area contributed by atoms with Gasteiger partial charge in [0.05, 0.1) is 6.04 Å². The number of amides is 1. The molecular formula is C16H19N5O. The van der Waals surface area contributed by atoms with Crippen molar-refractivity contribution < 1.29 is 4.79 Å². The van der Waals surface area contributed by atoms with Crippen molar-refractivity contribution in [2.24, 2.45) is 0 Å². The van der Waals surface area contributed by atoms with Crippen molar-refractivity contribution in [3.05, 3.63) is 42.0 Å². The van der Waals surface area contributed by atoms with Gasteiger partial charge in [0, 0.05) is 32.1 Å². The third kappa shape index (κ3) is 2.77. The van der Waals surface area contributed by atoms with E-state index in [0.717, 1.165) is 36.5 Å². The maximum absolute atomic E-state index is 11.8. The van der Waals surface area contributed by atoms with E-state index in [9.17, 15) is 4.79 Å². The molecule has 0 spiro atoms. The number of pyridine rings is 1. The summed E-state index contributed by atoms with van der Waals surface area (Å²) in [6.07, 6.45) is 6.96. The van der Waals surface area contributed by atoms with E-state index in [4.69, 9.17) is 0 Å². The van der Waals surface area contributed by atoms with Gasteiger partial charge in [0.15, 0.2) is 5.82 Å².